The van der Waals surface area contributed by atoms with Crippen molar-refractivity contribution < 1.29 is 22.8 Å². The molecule has 0 spiro atoms. The van der Waals surface area contributed by atoms with Crippen LogP contribution in [0, 0.1) is 18.6 Å². The zero-order chi connectivity index (χ0) is 26.1. The van der Waals surface area contributed by atoms with Crippen molar-refractivity contribution in [1.29, 1.82) is 0 Å². The molecule has 1 N–H and O–H groups in total. The van der Waals surface area contributed by atoms with Crippen molar-refractivity contribution >= 4 is 22.6 Å². The number of amides is 1. The average molecular weight is 503 g/mol. The summed E-state index contributed by atoms with van der Waals surface area (Å²) < 4.78 is 39.1. The summed E-state index contributed by atoms with van der Waals surface area (Å²) in [5.41, 5.74) is 1.14. The van der Waals surface area contributed by atoms with E-state index in [1.807, 2.05) is 0 Å². The van der Waals surface area contributed by atoms with E-state index < -0.39 is 23.0 Å². The molecule has 0 aliphatic carbocycles. The summed E-state index contributed by atoms with van der Waals surface area (Å²) in [4.78, 5) is 34.8. The van der Waals surface area contributed by atoms with Gasteiger partial charge < -0.3 is 19.1 Å². The number of pyridine rings is 2. The van der Waals surface area contributed by atoms with Crippen molar-refractivity contribution in [3.05, 3.63) is 88.3 Å². The Balaban J connectivity index is 1.53. The molecule has 0 unspecified atom stereocenters. The Morgan fingerprint density at radius 3 is 2.49 bits per heavy atom. The van der Waals surface area contributed by atoms with Gasteiger partial charge in [-0.3, -0.25) is 9.59 Å². The van der Waals surface area contributed by atoms with E-state index in [1.54, 1.807) is 50.4 Å². The predicted molar refractivity (Wildman–Crippen MR) is 131 cm³/mol. The van der Waals surface area contributed by atoms with Crippen molar-refractivity contribution in [3.8, 4) is 28.6 Å². The zero-order valence-corrected chi connectivity index (χ0v) is 19.7. The van der Waals surface area contributed by atoms with E-state index in [9.17, 15) is 18.4 Å². The van der Waals surface area contributed by atoms with Crippen LogP contribution in [-0.4, -0.2) is 32.7 Å². The fourth-order valence-corrected chi connectivity index (χ4v) is 3.80. The van der Waals surface area contributed by atoms with Crippen LogP contribution in [0.2, 0.25) is 0 Å². The van der Waals surface area contributed by atoms with Gasteiger partial charge in [0.15, 0.2) is 0 Å². The van der Waals surface area contributed by atoms with Crippen LogP contribution in [0.25, 0.3) is 33.9 Å². The number of halogens is 2. The lowest BCUT2D eigenvalue weighted by molar-refractivity contribution is -0.116. The summed E-state index contributed by atoms with van der Waals surface area (Å²) in [6, 6.07) is 12.9. The Morgan fingerprint density at radius 2 is 1.78 bits per heavy atom. The molecule has 0 bridgehead atoms. The number of benzene rings is 2. The number of rotatable bonds is 6. The lowest BCUT2D eigenvalue weighted by Crippen LogP contribution is -2.22. The molecule has 0 aliphatic rings. The average Bonchev–Trinajstić information content (AvgIpc) is 3.35. The molecule has 5 rings (SSSR count). The maximum atomic E-state index is 13.5. The van der Waals surface area contributed by atoms with Gasteiger partial charge in [-0.2, -0.15) is 4.98 Å². The summed E-state index contributed by atoms with van der Waals surface area (Å²) in [6.07, 6.45) is 1.40. The number of nitrogens with zero attached hydrogens (tertiary/aromatic N) is 4. The third-order valence-corrected chi connectivity index (χ3v) is 5.53. The van der Waals surface area contributed by atoms with Crippen LogP contribution in [0.5, 0.6) is 5.75 Å². The van der Waals surface area contributed by atoms with Crippen molar-refractivity contribution in [2.24, 2.45) is 0 Å². The first kappa shape index (κ1) is 23.8. The highest BCUT2D eigenvalue weighted by molar-refractivity contribution is 5.91. The maximum Gasteiger partial charge on any atom is 0.263 e. The summed E-state index contributed by atoms with van der Waals surface area (Å²) in [6.45, 7) is 1.44. The standard InChI is InChI=1S/C26H19F2N5O4/c1-14-3-8-20-23(35)21(26-31-24(32-37-26)15-4-6-19(36-2)7-5-15)12-33(25(20)29-14)13-22(34)30-18-10-16(27)9-17(28)11-18/h3-12H,13H2,1-2H3,(H,30,34). The lowest BCUT2D eigenvalue weighted by atomic mass is 10.1. The van der Waals surface area contributed by atoms with Gasteiger partial charge in [-0.15, -0.1) is 0 Å². The Bertz CT molecular complexity index is 1680. The minimum atomic E-state index is -0.826. The molecular formula is C26H19F2N5O4. The third-order valence-electron chi connectivity index (χ3n) is 5.53. The van der Waals surface area contributed by atoms with E-state index in [2.05, 4.69) is 20.4 Å². The van der Waals surface area contributed by atoms with Crippen LogP contribution in [0.1, 0.15) is 5.69 Å². The van der Waals surface area contributed by atoms with Crippen LogP contribution >= 0.6 is 0 Å². The van der Waals surface area contributed by atoms with Crippen LogP contribution in [0.15, 0.2) is 70.1 Å². The summed E-state index contributed by atoms with van der Waals surface area (Å²) in [5.74, 6) is -1.36. The smallest absolute Gasteiger partial charge is 0.263 e. The fraction of sp³-hybridized carbons (Fsp3) is 0.115. The summed E-state index contributed by atoms with van der Waals surface area (Å²) in [5, 5.41) is 6.66. The van der Waals surface area contributed by atoms with E-state index in [0.717, 1.165) is 12.1 Å². The lowest BCUT2D eigenvalue weighted by Gasteiger charge is -2.12. The normalized spacial score (nSPS) is 11.0. The topological polar surface area (TPSA) is 112 Å². The number of aromatic nitrogens is 4. The van der Waals surface area contributed by atoms with Gasteiger partial charge in [-0.1, -0.05) is 5.16 Å². The van der Waals surface area contributed by atoms with Gasteiger partial charge in [0.1, 0.15) is 35.1 Å². The molecule has 5 aromatic rings. The van der Waals surface area contributed by atoms with Crippen molar-refractivity contribution in [2.75, 3.05) is 12.4 Å². The van der Waals surface area contributed by atoms with Gasteiger partial charge in [0.25, 0.3) is 5.89 Å². The summed E-state index contributed by atoms with van der Waals surface area (Å²) in [7, 11) is 1.55. The van der Waals surface area contributed by atoms with E-state index in [4.69, 9.17) is 9.26 Å². The molecule has 3 aromatic heterocycles. The first-order valence-corrected chi connectivity index (χ1v) is 11.1. The number of carbonyl (C=O) groups is 1. The molecule has 37 heavy (non-hydrogen) atoms. The third kappa shape index (κ3) is 4.92. The number of methoxy groups -OCH3 is 1. The second-order valence-corrected chi connectivity index (χ2v) is 8.18. The van der Waals surface area contributed by atoms with Crippen LogP contribution < -0.4 is 15.5 Å². The molecule has 11 heteroatoms. The first-order valence-electron chi connectivity index (χ1n) is 11.1. The van der Waals surface area contributed by atoms with Gasteiger partial charge in [0.05, 0.1) is 12.5 Å². The van der Waals surface area contributed by atoms with Crippen LogP contribution in [0.4, 0.5) is 14.5 Å². The van der Waals surface area contributed by atoms with Gasteiger partial charge >= 0.3 is 0 Å². The number of fused-ring (bicyclic) bond motifs is 1. The Morgan fingerprint density at radius 1 is 1.05 bits per heavy atom. The highest BCUT2D eigenvalue weighted by Crippen LogP contribution is 2.24. The number of carbonyl (C=O) groups excluding carboxylic acids is 1. The molecule has 0 atom stereocenters. The summed E-state index contributed by atoms with van der Waals surface area (Å²) >= 11 is 0. The molecule has 0 fully saturated rings. The second-order valence-electron chi connectivity index (χ2n) is 8.18. The number of aryl methyl sites for hydroxylation is 1. The second kappa shape index (κ2) is 9.61. The maximum absolute atomic E-state index is 13.5. The fourth-order valence-electron chi connectivity index (χ4n) is 3.80. The SMILES string of the molecule is COc1ccc(-c2noc(-c3cn(CC(=O)Nc4cc(F)cc(F)c4)c4nc(C)ccc4c3=O)n2)cc1. The molecule has 186 valence electrons. The van der Waals surface area contributed by atoms with Gasteiger partial charge in [0, 0.05) is 29.2 Å². The Labute approximate surface area is 208 Å². The van der Waals surface area contributed by atoms with E-state index in [0.29, 0.717) is 23.1 Å². The molecule has 3 heterocycles. The number of anilines is 1. The highest BCUT2D eigenvalue weighted by atomic mass is 19.1. The number of hydrogen-bond donors (Lipinski definition) is 1. The number of ether oxygens (including phenoxy) is 1. The molecule has 9 nitrogen and oxygen atoms in total. The molecule has 0 aliphatic heterocycles. The minimum absolute atomic E-state index is 0.0420. The van der Waals surface area contributed by atoms with Crippen molar-refractivity contribution in [1.82, 2.24) is 19.7 Å². The first-order chi connectivity index (χ1) is 17.8. The van der Waals surface area contributed by atoms with Crippen LogP contribution in [-0.2, 0) is 11.3 Å². The van der Waals surface area contributed by atoms with Crippen LogP contribution in [0.3, 0.4) is 0 Å². The predicted octanol–water partition coefficient (Wildman–Crippen LogP) is 4.35. The minimum Gasteiger partial charge on any atom is -0.497 e. The van der Waals surface area contributed by atoms with Crippen molar-refractivity contribution in [2.45, 2.75) is 13.5 Å². The molecule has 1 amide bonds. The Kier molecular flexibility index (Phi) is 6.18. The van der Waals surface area contributed by atoms with Gasteiger partial charge in [0.2, 0.25) is 17.2 Å². The molecule has 0 saturated carbocycles. The monoisotopic (exact) mass is 503 g/mol. The number of hydrogen-bond acceptors (Lipinski definition) is 7. The zero-order valence-electron chi connectivity index (χ0n) is 19.7. The van der Waals surface area contributed by atoms with Gasteiger partial charge in [-0.05, 0) is 55.5 Å². The number of nitrogens with one attached hydrogen (secondary N) is 1. The van der Waals surface area contributed by atoms with E-state index in [1.165, 1.54) is 10.8 Å². The molecule has 2 aromatic carbocycles. The molecule has 0 saturated heterocycles. The largest absolute Gasteiger partial charge is 0.497 e. The van der Waals surface area contributed by atoms with E-state index >= 15 is 0 Å². The molecule has 0 radical (unpaired) electrons. The highest BCUT2D eigenvalue weighted by Gasteiger charge is 2.19. The van der Waals surface area contributed by atoms with Gasteiger partial charge in [-0.25, -0.2) is 13.8 Å². The van der Waals surface area contributed by atoms with Crippen molar-refractivity contribution in [3.63, 3.8) is 0 Å². The molecular weight excluding hydrogens is 484 g/mol. The quantitative estimate of drug-likeness (QED) is 0.367. The van der Waals surface area contributed by atoms with E-state index in [-0.39, 0.29) is 40.5 Å². The Hall–Kier alpha value is -4.93.